The molecular weight excluding hydrogens is 418 g/mol. The summed E-state index contributed by atoms with van der Waals surface area (Å²) < 4.78 is 0. The van der Waals surface area contributed by atoms with Crippen LogP contribution in [0.5, 0.6) is 0 Å². The fourth-order valence-electron chi connectivity index (χ4n) is 4.52. The van der Waals surface area contributed by atoms with E-state index in [2.05, 4.69) is 34.4 Å². The molecule has 31 heavy (non-hydrogen) atoms. The second-order valence-corrected chi connectivity index (χ2v) is 9.19. The molecule has 0 bridgehead atoms. The van der Waals surface area contributed by atoms with Crippen molar-refractivity contribution < 1.29 is 9.59 Å². The average Bonchev–Trinajstić information content (AvgIpc) is 2.69. The summed E-state index contributed by atoms with van der Waals surface area (Å²) in [4.78, 5) is 47.8. The summed E-state index contributed by atoms with van der Waals surface area (Å²) in [6.07, 6.45) is 0.994. The van der Waals surface area contributed by atoms with Crippen LogP contribution in [0.3, 0.4) is 0 Å². The molecule has 1 aromatic carbocycles. The Kier molecular flexibility index (Phi) is 5.75. The van der Waals surface area contributed by atoms with Gasteiger partial charge in [0.1, 0.15) is 5.82 Å². The Morgan fingerprint density at radius 2 is 1.94 bits per heavy atom. The number of aromatic amines is 1. The van der Waals surface area contributed by atoms with Gasteiger partial charge in [-0.1, -0.05) is 31.5 Å². The zero-order valence-corrected chi connectivity index (χ0v) is 18.5. The fraction of sp³-hybridized carbons (Fsp3) is 0.455. The summed E-state index contributed by atoms with van der Waals surface area (Å²) in [5.74, 6) is -0.204. The van der Waals surface area contributed by atoms with E-state index >= 15 is 0 Å². The molecule has 164 valence electrons. The molecule has 0 spiro atoms. The van der Waals surface area contributed by atoms with E-state index in [0.29, 0.717) is 28.5 Å². The summed E-state index contributed by atoms with van der Waals surface area (Å²) in [6, 6.07) is 5.16. The van der Waals surface area contributed by atoms with E-state index in [1.165, 1.54) is 0 Å². The maximum atomic E-state index is 13.0. The zero-order valence-electron chi connectivity index (χ0n) is 17.8. The van der Waals surface area contributed by atoms with Gasteiger partial charge < -0.3 is 15.5 Å². The number of hydrogen-bond donors (Lipinski definition) is 3. The Morgan fingerprint density at radius 3 is 2.65 bits per heavy atom. The van der Waals surface area contributed by atoms with Gasteiger partial charge in [0.25, 0.3) is 5.56 Å². The van der Waals surface area contributed by atoms with Crippen LogP contribution in [0.1, 0.15) is 43.7 Å². The monoisotopic (exact) mass is 443 g/mol. The van der Waals surface area contributed by atoms with E-state index in [0.717, 1.165) is 25.1 Å². The number of amides is 2. The van der Waals surface area contributed by atoms with Crippen LogP contribution < -0.4 is 21.1 Å². The molecule has 8 nitrogen and oxygen atoms in total. The minimum Gasteiger partial charge on any atom is -0.342 e. The summed E-state index contributed by atoms with van der Waals surface area (Å²) >= 11 is 6.04. The van der Waals surface area contributed by atoms with Crippen molar-refractivity contribution in [2.45, 2.75) is 39.5 Å². The number of carbonyl (C=O) groups excluding carboxylic acids is 2. The Balaban J connectivity index is 1.66. The molecule has 2 amide bonds. The molecule has 3 heterocycles. The first kappa shape index (κ1) is 21.4. The number of hydrogen-bond acceptors (Lipinski definition) is 5. The average molecular weight is 444 g/mol. The maximum absolute atomic E-state index is 13.0. The molecule has 1 aromatic heterocycles. The van der Waals surface area contributed by atoms with Crippen LogP contribution in [0.25, 0.3) is 0 Å². The zero-order chi connectivity index (χ0) is 22.3. The predicted molar refractivity (Wildman–Crippen MR) is 121 cm³/mol. The fourth-order valence-corrected chi connectivity index (χ4v) is 4.69. The normalized spacial score (nSPS) is 23.2. The molecule has 0 unspecified atom stereocenters. The Hall–Kier alpha value is -2.87. The highest BCUT2D eigenvalue weighted by Gasteiger charge is 2.35. The van der Waals surface area contributed by atoms with Crippen molar-refractivity contribution in [1.82, 2.24) is 9.97 Å². The van der Waals surface area contributed by atoms with Gasteiger partial charge in [-0.25, -0.2) is 0 Å². The van der Waals surface area contributed by atoms with E-state index in [1.54, 1.807) is 18.2 Å². The molecule has 3 N–H and O–H groups in total. The van der Waals surface area contributed by atoms with Gasteiger partial charge in [-0.3, -0.25) is 19.4 Å². The van der Waals surface area contributed by atoms with Gasteiger partial charge in [-0.15, -0.1) is 0 Å². The lowest BCUT2D eigenvalue weighted by Gasteiger charge is -2.35. The lowest BCUT2D eigenvalue weighted by Crippen LogP contribution is -2.42. The molecule has 0 aliphatic carbocycles. The molecular formula is C22H26ClN5O3. The summed E-state index contributed by atoms with van der Waals surface area (Å²) in [6.45, 7) is 7.73. The number of fused-ring (bicyclic) bond motifs is 1. The number of anilines is 3. The summed E-state index contributed by atoms with van der Waals surface area (Å²) in [5, 5.41) is 5.96. The predicted octanol–water partition coefficient (Wildman–Crippen LogP) is 3.28. The largest absolute Gasteiger partial charge is 0.342 e. The quantitative estimate of drug-likeness (QED) is 0.674. The summed E-state index contributed by atoms with van der Waals surface area (Å²) in [5.41, 5.74) is 1.14. The minimum atomic E-state index is -0.938. The Labute approximate surface area is 185 Å². The van der Waals surface area contributed by atoms with E-state index < -0.39 is 17.4 Å². The number of rotatable bonds is 3. The van der Waals surface area contributed by atoms with Crippen LogP contribution >= 0.6 is 11.6 Å². The molecule has 0 saturated carbocycles. The SMILES string of the molecule is Cc1ccc(Cl)cc1NC(=O)[C@@H]1CC(=O)Nc2nc(N3C[C@@H](C)C[C@H](C)C3)[nH]c(=O)c21. The smallest absolute Gasteiger partial charge is 0.258 e. The van der Waals surface area contributed by atoms with E-state index in [4.69, 9.17) is 11.6 Å². The van der Waals surface area contributed by atoms with Crippen molar-refractivity contribution in [3.8, 4) is 0 Å². The number of benzene rings is 1. The van der Waals surface area contributed by atoms with Crippen LogP contribution in [0.15, 0.2) is 23.0 Å². The van der Waals surface area contributed by atoms with Crippen LogP contribution in [-0.4, -0.2) is 34.9 Å². The standard InChI is InChI=1S/C22H26ClN5O3/c1-11-6-12(2)10-28(9-11)22-26-19-18(21(31)27-22)15(8-17(29)25-19)20(30)24-16-7-14(23)5-4-13(16)3/h4-5,7,11-12,15H,6,8-10H2,1-3H3,(H,24,30)(H2,25,26,27,29,31)/t11-,12-,15+/m0/s1. The second-order valence-electron chi connectivity index (χ2n) is 8.76. The van der Waals surface area contributed by atoms with Gasteiger partial charge in [0, 0.05) is 30.2 Å². The third-order valence-electron chi connectivity index (χ3n) is 5.88. The molecule has 3 atom stereocenters. The van der Waals surface area contributed by atoms with Gasteiger partial charge in [0.15, 0.2) is 0 Å². The lowest BCUT2D eigenvalue weighted by atomic mass is 9.91. The second kappa shape index (κ2) is 8.34. The van der Waals surface area contributed by atoms with E-state index in [-0.39, 0.29) is 23.7 Å². The molecule has 1 saturated heterocycles. The Bertz CT molecular complexity index is 1090. The topological polar surface area (TPSA) is 107 Å². The molecule has 0 radical (unpaired) electrons. The van der Waals surface area contributed by atoms with Gasteiger partial charge in [-0.2, -0.15) is 4.98 Å². The van der Waals surface area contributed by atoms with Crippen LogP contribution in [0.4, 0.5) is 17.5 Å². The van der Waals surface area contributed by atoms with Crippen LogP contribution in [0, 0.1) is 18.8 Å². The number of aryl methyl sites for hydroxylation is 1. The summed E-state index contributed by atoms with van der Waals surface area (Å²) in [7, 11) is 0. The highest BCUT2D eigenvalue weighted by atomic mass is 35.5. The number of piperidine rings is 1. The van der Waals surface area contributed by atoms with Gasteiger partial charge in [-0.05, 0) is 42.9 Å². The number of aromatic nitrogens is 2. The molecule has 2 aromatic rings. The molecule has 2 aliphatic heterocycles. The van der Waals surface area contributed by atoms with E-state index in [9.17, 15) is 14.4 Å². The molecule has 4 rings (SSSR count). The van der Waals surface area contributed by atoms with Crippen molar-refractivity contribution in [2.75, 3.05) is 28.6 Å². The first-order chi connectivity index (χ1) is 14.7. The maximum Gasteiger partial charge on any atom is 0.258 e. The number of H-pyrrole nitrogens is 1. The third kappa shape index (κ3) is 4.44. The number of carbonyl (C=O) groups is 2. The molecule has 2 aliphatic rings. The lowest BCUT2D eigenvalue weighted by molar-refractivity contribution is -0.123. The van der Waals surface area contributed by atoms with Crippen molar-refractivity contribution in [2.24, 2.45) is 11.8 Å². The van der Waals surface area contributed by atoms with Crippen molar-refractivity contribution >= 4 is 40.9 Å². The van der Waals surface area contributed by atoms with Crippen molar-refractivity contribution in [3.05, 3.63) is 44.7 Å². The van der Waals surface area contributed by atoms with Gasteiger partial charge >= 0.3 is 0 Å². The van der Waals surface area contributed by atoms with Gasteiger partial charge in [0.2, 0.25) is 17.8 Å². The number of nitrogens with zero attached hydrogens (tertiary/aromatic N) is 2. The van der Waals surface area contributed by atoms with Gasteiger partial charge in [0.05, 0.1) is 11.5 Å². The number of halogens is 1. The Morgan fingerprint density at radius 1 is 1.23 bits per heavy atom. The highest BCUT2D eigenvalue weighted by molar-refractivity contribution is 6.31. The van der Waals surface area contributed by atoms with Crippen LogP contribution in [-0.2, 0) is 9.59 Å². The molecule has 1 fully saturated rings. The molecule has 9 heteroatoms. The van der Waals surface area contributed by atoms with Crippen molar-refractivity contribution in [3.63, 3.8) is 0 Å². The van der Waals surface area contributed by atoms with Crippen molar-refractivity contribution in [1.29, 1.82) is 0 Å². The van der Waals surface area contributed by atoms with Crippen LogP contribution in [0.2, 0.25) is 5.02 Å². The highest BCUT2D eigenvalue weighted by Crippen LogP contribution is 2.32. The first-order valence-electron chi connectivity index (χ1n) is 10.5. The minimum absolute atomic E-state index is 0.125. The first-order valence-corrected chi connectivity index (χ1v) is 10.8. The van der Waals surface area contributed by atoms with E-state index in [1.807, 2.05) is 11.8 Å². The third-order valence-corrected chi connectivity index (χ3v) is 6.12. The number of nitrogens with one attached hydrogen (secondary N) is 3.